The third-order valence-electron chi connectivity index (χ3n) is 4.56. The van der Waals surface area contributed by atoms with Crippen molar-refractivity contribution in [3.05, 3.63) is 77.4 Å². The van der Waals surface area contributed by atoms with Gasteiger partial charge in [0.15, 0.2) is 0 Å². The lowest BCUT2D eigenvalue weighted by Crippen LogP contribution is -2.34. The molecule has 0 saturated carbocycles. The summed E-state index contributed by atoms with van der Waals surface area (Å²) in [5, 5.41) is 2.53. The maximum Gasteiger partial charge on any atom is 0.419 e. The van der Waals surface area contributed by atoms with Gasteiger partial charge in [0, 0.05) is 32.1 Å². The van der Waals surface area contributed by atoms with Crippen molar-refractivity contribution in [1.82, 2.24) is 20.3 Å². The maximum atomic E-state index is 15.3. The van der Waals surface area contributed by atoms with Crippen LogP contribution in [-0.2, 0) is 12.1 Å². The van der Waals surface area contributed by atoms with E-state index in [2.05, 4.69) is 25.3 Å². The van der Waals surface area contributed by atoms with E-state index in [1.165, 1.54) is 7.05 Å². The van der Waals surface area contributed by atoms with E-state index in [4.69, 9.17) is 4.74 Å². The predicted octanol–water partition coefficient (Wildman–Crippen LogP) is 5.08. The van der Waals surface area contributed by atoms with Gasteiger partial charge in [0.05, 0.1) is 24.0 Å². The summed E-state index contributed by atoms with van der Waals surface area (Å²) in [5.41, 5.74) is -2.28. The van der Waals surface area contributed by atoms with E-state index in [9.17, 15) is 22.0 Å². The van der Waals surface area contributed by atoms with Crippen LogP contribution in [0.25, 0.3) is 0 Å². The molecule has 2 heterocycles. The minimum atomic E-state index is -4.63. The van der Waals surface area contributed by atoms with Gasteiger partial charge in [-0.15, -0.1) is 0 Å². The molecule has 34 heavy (non-hydrogen) atoms. The second-order valence-corrected chi connectivity index (χ2v) is 6.87. The van der Waals surface area contributed by atoms with Crippen LogP contribution in [0, 0.1) is 11.6 Å². The van der Waals surface area contributed by atoms with E-state index in [0.29, 0.717) is 18.5 Å². The molecule has 0 radical (unpaired) electrons. The summed E-state index contributed by atoms with van der Waals surface area (Å²) in [4.78, 5) is 14.1. The predicted molar refractivity (Wildman–Crippen MR) is 107 cm³/mol. The second kappa shape index (κ2) is 10.0. The van der Waals surface area contributed by atoms with Crippen LogP contribution in [0.5, 0.6) is 11.8 Å². The van der Waals surface area contributed by atoms with Gasteiger partial charge in [-0.1, -0.05) is 6.07 Å². The lowest BCUT2D eigenvalue weighted by atomic mass is 9.89. The van der Waals surface area contributed by atoms with Gasteiger partial charge in [0.1, 0.15) is 23.1 Å². The van der Waals surface area contributed by atoms with Gasteiger partial charge >= 0.3 is 12.2 Å². The normalized spacial score (nSPS) is 13.2. The summed E-state index contributed by atoms with van der Waals surface area (Å²) in [5.74, 6) is -7.71. The molecule has 3 rings (SSSR count). The molecule has 6 nitrogen and oxygen atoms in total. The van der Waals surface area contributed by atoms with Crippen LogP contribution in [-0.4, -0.2) is 34.9 Å². The van der Waals surface area contributed by atoms with Crippen molar-refractivity contribution in [2.45, 2.75) is 18.0 Å². The van der Waals surface area contributed by atoms with Crippen LogP contribution in [0.3, 0.4) is 0 Å². The van der Waals surface area contributed by atoms with Crippen molar-refractivity contribution in [1.29, 1.82) is 0 Å². The number of hydrogen-bond acceptors (Lipinski definition) is 5. The van der Waals surface area contributed by atoms with Crippen LogP contribution in [0.1, 0.15) is 22.7 Å². The topological polar surface area (TPSA) is 72.3 Å². The highest BCUT2D eigenvalue weighted by molar-refractivity contribution is 5.54. The molecule has 1 N–H and O–H groups in total. The second-order valence-electron chi connectivity index (χ2n) is 6.87. The first-order valence-electron chi connectivity index (χ1n) is 9.52. The maximum absolute atomic E-state index is 15.3. The largest absolute Gasteiger partial charge is 0.423 e. The third-order valence-corrected chi connectivity index (χ3v) is 4.56. The van der Waals surface area contributed by atoms with E-state index in [0.717, 1.165) is 36.8 Å². The van der Waals surface area contributed by atoms with Crippen molar-refractivity contribution in [3.63, 3.8) is 0 Å². The number of rotatable bonds is 8. The van der Waals surface area contributed by atoms with Crippen LogP contribution >= 0.6 is 0 Å². The molecule has 0 bridgehead atoms. The number of nitrogens with one attached hydrogen (secondary N) is 1. The molecule has 13 heteroatoms. The smallest absolute Gasteiger partial charge is 0.419 e. The number of pyridine rings is 1. The summed E-state index contributed by atoms with van der Waals surface area (Å²) in [6.07, 6.45) is -1.58. The molecule has 180 valence electrons. The molecule has 3 aromatic rings. The highest BCUT2D eigenvalue weighted by Crippen LogP contribution is 2.42. The zero-order valence-corrected chi connectivity index (χ0v) is 17.3. The summed E-state index contributed by atoms with van der Waals surface area (Å²) in [6.45, 7) is -0.452. The average Bonchev–Trinajstić information content (AvgIpc) is 2.77. The Morgan fingerprint density at radius 1 is 1.00 bits per heavy atom. The van der Waals surface area contributed by atoms with Crippen molar-refractivity contribution >= 4 is 6.34 Å². The molecular weight excluding hydrogens is 471 g/mol. The Morgan fingerprint density at radius 3 is 2.26 bits per heavy atom. The quantitative estimate of drug-likeness (QED) is 0.273. The number of halogens is 7. The first kappa shape index (κ1) is 24.9. The van der Waals surface area contributed by atoms with Gasteiger partial charge in [0.25, 0.3) is 5.92 Å². The van der Waals surface area contributed by atoms with Crippen LogP contribution in [0.15, 0.2) is 53.9 Å². The first-order valence-corrected chi connectivity index (χ1v) is 9.52. The molecule has 0 saturated heterocycles. The Balaban J connectivity index is 1.84. The lowest BCUT2D eigenvalue weighted by Gasteiger charge is -2.27. The molecule has 2 aromatic heterocycles. The number of aliphatic imine (C=N–C) groups is 1. The summed E-state index contributed by atoms with van der Waals surface area (Å²) < 4.78 is 101. The summed E-state index contributed by atoms with van der Waals surface area (Å²) in [6, 6.07) is 3.82. The van der Waals surface area contributed by atoms with Crippen molar-refractivity contribution in [2.75, 3.05) is 13.6 Å². The van der Waals surface area contributed by atoms with Gasteiger partial charge in [-0.05, 0) is 23.8 Å². The molecule has 1 aromatic carbocycles. The lowest BCUT2D eigenvalue weighted by molar-refractivity contribution is -0.138. The van der Waals surface area contributed by atoms with Crippen molar-refractivity contribution in [2.24, 2.45) is 4.99 Å². The Bertz CT molecular complexity index is 1140. The standard InChI is InChI=1S/C21H16F7N5O/c1-29-11-30-10-16(15-4-2-13(22)6-17(15)23)20(24,25)18-5-3-14(9-31-18)34-19-32-7-12(8-33-19)21(26,27)28/h2-9,11,16H,10H2,1H3,(H,29,30). The minimum absolute atomic E-state index is 0.125. The number of aromatic nitrogens is 3. The van der Waals surface area contributed by atoms with Crippen LogP contribution in [0.2, 0.25) is 0 Å². The number of hydrogen-bond donors (Lipinski definition) is 1. The Kier molecular flexibility index (Phi) is 7.32. The van der Waals surface area contributed by atoms with Crippen molar-refractivity contribution in [3.8, 4) is 11.8 Å². The molecule has 0 aliphatic carbocycles. The van der Waals surface area contributed by atoms with E-state index in [1.807, 2.05) is 0 Å². The number of nitrogens with zero attached hydrogens (tertiary/aromatic N) is 4. The third kappa shape index (κ3) is 5.77. The van der Waals surface area contributed by atoms with E-state index in [-0.39, 0.29) is 5.75 Å². The first-order chi connectivity index (χ1) is 16.0. The monoisotopic (exact) mass is 487 g/mol. The highest BCUT2D eigenvalue weighted by atomic mass is 19.4. The minimum Gasteiger partial charge on any atom is -0.423 e. The zero-order chi connectivity index (χ0) is 24.9. The number of alkyl halides is 5. The van der Waals surface area contributed by atoms with Crippen LogP contribution < -0.4 is 10.1 Å². The fourth-order valence-electron chi connectivity index (χ4n) is 2.92. The molecular formula is C21H16F7N5O. The molecule has 0 fully saturated rings. The Labute approximate surface area is 188 Å². The highest BCUT2D eigenvalue weighted by Gasteiger charge is 2.44. The van der Waals surface area contributed by atoms with Gasteiger partial charge in [0.2, 0.25) is 0 Å². The molecule has 0 amide bonds. The molecule has 1 atom stereocenters. The van der Waals surface area contributed by atoms with Gasteiger partial charge in [-0.25, -0.2) is 18.7 Å². The van der Waals surface area contributed by atoms with Gasteiger partial charge < -0.3 is 10.1 Å². The zero-order valence-electron chi connectivity index (χ0n) is 17.3. The molecule has 0 aliphatic heterocycles. The fourth-order valence-corrected chi connectivity index (χ4v) is 2.92. The van der Waals surface area contributed by atoms with Crippen LogP contribution in [0.4, 0.5) is 30.7 Å². The average molecular weight is 487 g/mol. The van der Waals surface area contributed by atoms with Gasteiger partial charge in [-0.2, -0.15) is 22.0 Å². The molecule has 0 aliphatic rings. The van der Waals surface area contributed by atoms with Gasteiger partial charge in [-0.3, -0.25) is 9.98 Å². The van der Waals surface area contributed by atoms with E-state index >= 15 is 8.78 Å². The number of ether oxygens (including phenoxy) is 1. The van der Waals surface area contributed by atoms with E-state index in [1.54, 1.807) is 0 Å². The Hall–Kier alpha value is -3.77. The summed E-state index contributed by atoms with van der Waals surface area (Å²) >= 11 is 0. The Morgan fingerprint density at radius 2 is 1.71 bits per heavy atom. The SMILES string of the molecule is CN=CNCC(c1ccc(F)cc1F)C(F)(F)c1ccc(Oc2ncc(C(F)(F)F)cn2)cn1. The van der Waals surface area contributed by atoms with Crippen molar-refractivity contribution < 1.29 is 35.5 Å². The van der Waals surface area contributed by atoms with E-state index < -0.39 is 59.0 Å². The molecule has 0 spiro atoms. The number of benzene rings is 1. The molecule has 1 unspecified atom stereocenters. The summed E-state index contributed by atoms with van der Waals surface area (Å²) in [7, 11) is 1.40. The fraction of sp³-hybridized carbons (Fsp3) is 0.238.